The number of aliphatic hydroxyl groups excluding tert-OH is 6. The molecule has 0 aromatic carbocycles. The van der Waals surface area contributed by atoms with E-state index in [0.717, 1.165) is 0 Å². The highest BCUT2D eigenvalue weighted by Crippen LogP contribution is 1.40. The molecule has 0 aliphatic heterocycles. The maximum Gasteiger partial charge on any atom is 0.290 e. The lowest BCUT2D eigenvalue weighted by Gasteiger charge is -1.70. The Morgan fingerprint density at radius 1 is 0.429 bits per heavy atom. The van der Waals surface area contributed by atoms with Gasteiger partial charge in [0.2, 0.25) is 0 Å². The Morgan fingerprint density at radius 3 is 0.476 bits per heavy atom. The van der Waals surface area contributed by atoms with Crippen LogP contribution < -0.4 is 0 Å². The van der Waals surface area contributed by atoms with Crippen LogP contribution in [0, 0.1) is 0 Å². The summed E-state index contributed by atoms with van der Waals surface area (Å²) in [7, 11) is 0. The van der Waals surface area contributed by atoms with Gasteiger partial charge in [-0.1, -0.05) is 0 Å². The van der Waals surface area contributed by atoms with Gasteiger partial charge in [-0.05, 0) is 0 Å². The molecule has 132 valence electrons. The van der Waals surface area contributed by atoms with Crippen molar-refractivity contribution >= 4 is 19.4 Å². The molecular weight excluding hydrogens is 300 g/mol. The van der Waals surface area contributed by atoms with Crippen LogP contribution in [-0.4, -0.2) is 105 Å². The van der Waals surface area contributed by atoms with Crippen LogP contribution in [-0.2, 0) is 14.4 Å². The van der Waals surface area contributed by atoms with Gasteiger partial charge in [0.1, 0.15) is 0 Å². The molecule has 9 N–H and O–H groups in total. The first-order valence-corrected chi connectivity index (χ1v) is 4.88. The predicted octanol–water partition coefficient (Wildman–Crippen LogP) is -3.98. The van der Waals surface area contributed by atoms with E-state index in [1.54, 1.807) is 0 Å². The van der Waals surface area contributed by atoms with Crippen LogP contribution in [0.3, 0.4) is 0 Å². The van der Waals surface area contributed by atoms with Gasteiger partial charge in [-0.3, -0.25) is 14.4 Å². The Bertz CT molecular complexity index is 102. The monoisotopic (exact) mass is 324 g/mol. The fourth-order valence-corrected chi connectivity index (χ4v) is 0. The van der Waals surface area contributed by atoms with E-state index in [1.165, 1.54) is 0 Å². The molecule has 0 unspecified atom stereocenters. The molecule has 0 saturated carbocycles. The smallest absolute Gasteiger partial charge is 0.290 e. The molecule has 21 heavy (non-hydrogen) atoms. The normalized spacial score (nSPS) is 6.00. The molecule has 0 atom stereocenters. The lowest BCUT2D eigenvalue weighted by Crippen LogP contribution is -1.85. The summed E-state index contributed by atoms with van der Waals surface area (Å²) in [5, 5.41) is 66.4. The molecule has 12 heteroatoms. The van der Waals surface area contributed by atoms with Crippen molar-refractivity contribution < 1.29 is 60.3 Å². The highest BCUT2D eigenvalue weighted by molar-refractivity contribution is 5.33. The fraction of sp³-hybridized carbons (Fsp3) is 0.667. The molecule has 0 spiro atoms. The average Bonchev–Trinajstić information content (AvgIpc) is 2.50. The van der Waals surface area contributed by atoms with E-state index in [9.17, 15) is 0 Å². The molecule has 12 nitrogen and oxygen atoms in total. The lowest BCUT2D eigenvalue weighted by molar-refractivity contribution is -0.123. The van der Waals surface area contributed by atoms with Gasteiger partial charge in [-0.25, -0.2) is 0 Å². The first-order chi connectivity index (χ1) is 9.99. The zero-order valence-electron chi connectivity index (χ0n) is 11.2. The first kappa shape index (κ1) is 36.5. The van der Waals surface area contributed by atoms with Crippen molar-refractivity contribution in [3.63, 3.8) is 0 Å². The largest absolute Gasteiger partial charge is 0.483 e. The summed E-state index contributed by atoms with van der Waals surface area (Å²) in [6, 6.07) is 0. The standard InChI is InChI=1S/3C2H6O2.3CH2O2/c3*3-1-2-4;3*2-1-3/h3*3-4H,1-2H2;3*1H,(H,2,3). The minimum atomic E-state index is -0.250. The van der Waals surface area contributed by atoms with E-state index >= 15 is 0 Å². The SMILES string of the molecule is O=CO.O=CO.O=CO.OCCO.OCCO.OCCO. The summed E-state index contributed by atoms with van der Waals surface area (Å²) >= 11 is 0. The third-order valence-corrected chi connectivity index (χ3v) is 0.300. The maximum atomic E-state index is 8.36. The molecule has 0 radical (unpaired) electrons. The Hall–Kier alpha value is -1.83. The summed E-state index contributed by atoms with van der Waals surface area (Å²) in [5.41, 5.74) is 0. The van der Waals surface area contributed by atoms with E-state index in [4.69, 9.17) is 60.3 Å². The number of hydrogen-bond donors (Lipinski definition) is 9. The molecule has 0 fully saturated rings. The average molecular weight is 324 g/mol. The van der Waals surface area contributed by atoms with Crippen molar-refractivity contribution in [2.45, 2.75) is 0 Å². The predicted molar refractivity (Wildman–Crippen MR) is 68.6 cm³/mol. The Kier molecular flexibility index (Phi) is 181. The van der Waals surface area contributed by atoms with Gasteiger partial charge >= 0.3 is 0 Å². The summed E-state index contributed by atoms with van der Waals surface area (Å²) in [5.74, 6) is 0. The van der Waals surface area contributed by atoms with Gasteiger partial charge in [-0.15, -0.1) is 0 Å². The van der Waals surface area contributed by atoms with E-state index in [1.807, 2.05) is 0 Å². The van der Waals surface area contributed by atoms with E-state index < -0.39 is 0 Å². The molecule has 0 heterocycles. The third-order valence-electron chi connectivity index (χ3n) is 0.300. The number of carboxylic acid groups (broad SMARTS) is 3. The highest BCUT2D eigenvalue weighted by atomic mass is 16.4. The molecule has 0 aromatic heterocycles. The number of carbonyl (C=O) groups is 3. The van der Waals surface area contributed by atoms with Gasteiger partial charge in [0.25, 0.3) is 19.4 Å². The minimum absolute atomic E-state index is 0.125. The summed E-state index contributed by atoms with van der Waals surface area (Å²) in [6.07, 6.45) is 0. The Morgan fingerprint density at radius 2 is 0.476 bits per heavy atom. The molecule has 0 rings (SSSR count). The van der Waals surface area contributed by atoms with Crippen LogP contribution in [0.1, 0.15) is 0 Å². The zero-order chi connectivity index (χ0) is 18.4. The summed E-state index contributed by atoms with van der Waals surface area (Å²) in [6.45, 7) is -1.50. The number of aliphatic hydroxyl groups is 6. The van der Waals surface area contributed by atoms with Crippen molar-refractivity contribution in [1.82, 2.24) is 0 Å². The Balaban J connectivity index is -0.0000000324. The maximum absolute atomic E-state index is 8.36. The number of hydrogen-bond acceptors (Lipinski definition) is 9. The summed E-state index contributed by atoms with van der Waals surface area (Å²) in [4.78, 5) is 25.1. The molecule has 0 bridgehead atoms. The van der Waals surface area contributed by atoms with Crippen molar-refractivity contribution in [3.05, 3.63) is 0 Å². The zero-order valence-corrected chi connectivity index (χ0v) is 11.2. The van der Waals surface area contributed by atoms with Crippen molar-refractivity contribution in [1.29, 1.82) is 0 Å². The van der Waals surface area contributed by atoms with Crippen LogP contribution >= 0.6 is 0 Å². The second-order valence-electron chi connectivity index (χ2n) is 1.66. The third kappa shape index (κ3) is 3470. The molecular formula is C9H24O12. The van der Waals surface area contributed by atoms with Gasteiger partial charge in [0, 0.05) is 0 Å². The molecule has 0 aromatic rings. The highest BCUT2D eigenvalue weighted by Gasteiger charge is 1.58. The van der Waals surface area contributed by atoms with Gasteiger partial charge in [0.05, 0.1) is 39.6 Å². The van der Waals surface area contributed by atoms with Gasteiger partial charge in [-0.2, -0.15) is 0 Å². The molecule has 0 aliphatic carbocycles. The lowest BCUT2D eigenvalue weighted by atomic mass is 10.8. The van der Waals surface area contributed by atoms with Gasteiger partial charge in [0.15, 0.2) is 0 Å². The van der Waals surface area contributed by atoms with E-state index in [2.05, 4.69) is 0 Å². The van der Waals surface area contributed by atoms with Crippen molar-refractivity contribution in [3.8, 4) is 0 Å². The van der Waals surface area contributed by atoms with Crippen molar-refractivity contribution in [2.75, 3.05) is 39.6 Å². The molecule has 0 saturated heterocycles. The van der Waals surface area contributed by atoms with E-state index in [0.29, 0.717) is 0 Å². The minimum Gasteiger partial charge on any atom is -0.483 e. The van der Waals surface area contributed by atoms with Crippen LogP contribution in [0.5, 0.6) is 0 Å². The topological polar surface area (TPSA) is 233 Å². The second-order valence-corrected chi connectivity index (χ2v) is 1.66. The Labute approximate surface area is 120 Å². The van der Waals surface area contributed by atoms with Crippen molar-refractivity contribution in [2.24, 2.45) is 0 Å². The quantitative estimate of drug-likeness (QED) is 0.226. The van der Waals surface area contributed by atoms with Crippen LogP contribution in [0.4, 0.5) is 0 Å². The van der Waals surface area contributed by atoms with Crippen LogP contribution in [0.2, 0.25) is 0 Å². The molecule has 0 amide bonds. The van der Waals surface area contributed by atoms with E-state index in [-0.39, 0.29) is 59.1 Å². The second kappa shape index (κ2) is 104. The first-order valence-electron chi connectivity index (χ1n) is 4.88. The summed E-state index contributed by atoms with van der Waals surface area (Å²) < 4.78 is 0. The van der Waals surface area contributed by atoms with Gasteiger partial charge < -0.3 is 46.0 Å². The van der Waals surface area contributed by atoms with Crippen LogP contribution in [0.15, 0.2) is 0 Å². The number of rotatable bonds is 3. The molecule has 0 aliphatic rings. The van der Waals surface area contributed by atoms with Crippen LogP contribution in [0.25, 0.3) is 0 Å². The fourth-order valence-electron chi connectivity index (χ4n) is 0.